The van der Waals surface area contributed by atoms with Gasteiger partial charge in [-0.3, -0.25) is 4.79 Å². The number of carbonyl (C=O) groups excluding carboxylic acids is 1. The van der Waals surface area contributed by atoms with Crippen LogP contribution in [-0.2, 0) is 4.79 Å². The molecular formula is C17H24O3. The molecule has 5 atom stereocenters. The minimum absolute atomic E-state index is 0.120. The molecule has 3 rings (SSSR count). The third kappa shape index (κ3) is 2.40. The first-order chi connectivity index (χ1) is 9.49. The second-order valence-electron chi connectivity index (χ2n) is 7.01. The SMILES string of the molecule is C[C@@](O)(C#C[C@@H]1[C@H]2CC(=O)[C@H]2CC[C@H]1O)C1CCCC1. The van der Waals surface area contributed by atoms with Gasteiger partial charge in [-0.05, 0) is 44.4 Å². The summed E-state index contributed by atoms with van der Waals surface area (Å²) in [5.41, 5.74) is -0.948. The predicted molar refractivity (Wildman–Crippen MR) is 75.7 cm³/mol. The van der Waals surface area contributed by atoms with Gasteiger partial charge < -0.3 is 10.2 Å². The molecular weight excluding hydrogens is 252 g/mol. The Morgan fingerprint density at radius 2 is 1.90 bits per heavy atom. The number of aliphatic hydroxyl groups is 2. The van der Waals surface area contributed by atoms with Crippen LogP contribution in [0.25, 0.3) is 0 Å². The van der Waals surface area contributed by atoms with Crippen molar-refractivity contribution in [3.8, 4) is 11.8 Å². The molecule has 0 aromatic heterocycles. The third-order valence-corrected chi connectivity index (χ3v) is 5.66. The molecule has 3 saturated carbocycles. The summed E-state index contributed by atoms with van der Waals surface area (Å²) >= 11 is 0. The van der Waals surface area contributed by atoms with Gasteiger partial charge in [0.25, 0.3) is 0 Å². The molecule has 3 heteroatoms. The zero-order valence-electron chi connectivity index (χ0n) is 12.1. The van der Waals surface area contributed by atoms with Crippen LogP contribution in [0.1, 0.15) is 51.9 Å². The number of hydrogen-bond donors (Lipinski definition) is 2. The lowest BCUT2D eigenvalue weighted by atomic mass is 9.59. The monoisotopic (exact) mass is 276 g/mol. The highest BCUT2D eigenvalue weighted by atomic mass is 16.3. The lowest BCUT2D eigenvalue weighted by Gasteiger charge is -2.44. The molecule has 0 saturated heterocycles. The van der Waals surface area contributed by atoms with Crippen molar-refractivity contribution in [2.24, 2.45) is 23.7 Å². The standard InChI is InChI=1S/C17H24O3/c1-17(20,11-4-2-3-5-11)9-8-13-14-10-16(19)12(14)6-7-15(13)18/h11-15,18,20H,2-7,10H2,1H3/t12-,13+,14-,15+,17+/m0/s1. The van der Waals surface area contributed by atoms with E-state index in [-0.39, 0.29) is 23.7 Å². The van der Waals surface area contributed by atoms with Crippen LogP contribution in [0.5, 0.6) is 0 Å². The average molecular weight is 276 g/mol. The molecule has 0 heterocycles. The largest absolute Gasteiger partial charge is 0.392 e. The number of hydrogen-bond acceptors (Lipinski definition) is 3. The van der Waals surface area contributed by atoms with E-state index in [4.69, 9.17) is 0 Å². The summed E-state index contributed by atoms with van der Waals surface area (Å²) in [7, 11) is 0. The molecule has 0 spiro atoms. The van der Waals surface area contributed by atoms with Gasteiger partial charge in [-0.1, -0.05) is 24.7 Å². The predicted octanol–water partition coefficient (Wildman–Crippen LogP) is 1.91. The van der Waals surface area contributed by atoms with Gasteiger partial charge in [-0.15, -0.1) is 0 Å². The van der Waals surface area contributed by atoms with Gasteiger partial charge in [0.15, 0.2) is 0 Å². The fourth-order valence-corrected chi connectivity index (χ4v) is 4.19. The summed E-state index contributed by atoms with van der Waals surface area (Å²) in [6.45, 7) is 1.80. The summed E-state index contributed by atoms with van der Waals surface area (Å²) < 4.78 is 0. The molecule has 0 aromatic rings. The molecule has 2 N–H and O–H groups in total. The van der Waals surface area contributed by atoms with Crippen LogP contribution in [0, 0.1) is 35.5 Å². The second-order valence-corrected chi connectivity index (χ2v) is 7.01. The number of ketones is 1. The first-order valence-electron chi connectivity index (χ1n) is 7.95. The second kappa shape index (κ2) is 5.16. The van der Waals surface area contributed by atoms with Gasteiger partial charge in [-0.2, -0.15) is 0 Å². The van der Waals surface area contributed by atoms with Crippen molar-refractivity contribution in [3.63, 3.8) is 0 Å². The van der Waals surface area contributed by atoms with Crippen LogP contribution < -0.4 is 0 Å². The normalized spacial score (nSPS) is 40.2. The fraction of sp³-hybridized carbons (Fsp3) is 0.824. The number of carbonyl (C=O) groups is 1. The first kappa shape index (κ1) is 14.1. The van der Waals surface area contributed by atoms with Crippen LogP contribution in [0.15, 0.2) is 0 Å². The van der Waals surface area contributed by atoms with Crippen molar-refractivity contribution >= 4 is 5.78 Å². The highest BCUT2D eigenvalue weighted by molar-refractivity contribution is 5.87. The molecule has 3 fully saturated rings. The summed E-state index contributed by atoms with van der Waals surface area (Å²) in [4.78, 5) is 11.5. The van der Waals surface area contributed by atoms with E-state index in [0.717, 1.165) is 19.3 Å². The Hall–Kier alpha value is -0.850. The topological polar surface area (TPSA) is 57.5 Å². The van der Waals surface area contributed by atoms with Crippen molar-refractivity contribution < 1.29 is 15.0 Å². The molecule has 0 radical (unpaired) electrons. The van der Waals surface area contributed by atoms with Gasteiger partial charge >= 0.3 is 0 Å². The molecule has 0 amide bonds. The molecule has 0 unspecified atom stereocenters. The zero-order valence-corrected chi connectivity index (χ0v) is 12.1. The van der Waals surface area contributed by atoms with E-state index in [0.29, 0.717) is 18.6 Å². The van der Waals surface area contributed by atoms with Crippen molar-refractivity contribution in [3.05, 3.63) is 0 Å². The molecule has 0 aliphatic heterocycles. The minimum atomic E-state index is -0.948. The lowest BCUT2D eigenvalue weighted by Crippen LogP contribution is -2.49. The molecule has 3 aliphatic carbocycles. The smallest absolute Gasteiger partial charge is 0.136 e. The molecule has 3 aliphatic rings. The molecule has 0 bridgehead atoms. The maximum absolute atomic E-state index is 11.5. The number of Topliss-reactive ketones (excluding diaryl/α,β-unsaturated/α-hetero) is 1. The number of aliphatic hydroxyl groups excluding tert-OH is 1. The average Bonchev–Trinajstić information content (AvgIpc) is 2.91. The van der Waals surface area contributed by atoms with Crippen molar-refractivity contribution in [2.45, 2.75) is 63.6 Å². The lowest BCUT2D eigenvalue weighted by molar-refractivity contribution is -0.141. The summed E-state index contributed by atoms with van der Waals surface area (Å²) in [6, 6.07) is 0. The van der Waals surface area contributed by atoms with Crippen molar-refractivity contribution in [1.29, 1.82) is 0 Å². The van der Waals surface area contributed by atoms with Gasteiger partial charge in [0.1, 0.15) is 11.4 Å². The highest BCUT2D eigenvalue weighted by Gasteiger charge is 2.49. The minimum Gasteiger partial charge on any atom is -0.392 e. The Morgan fingerprint density at radius 3 is 2.55 bits per heavy atom. The van der Waals surface area contributed by atoms with Crippen LogP contribution >= 0.6 is 0 Å². The Bertz CT molecular complexity index is 451. The Balaban J connectivity index is 1.72. The fourth-order valence-electron chi connectivity index (χ4n) is 4.19. The van der Waals surface area contributed by atoms with E-state index < -0.39 is 11.7 Å². The van der Waals surface area contributed by atoms with Crippen LogP contribution in [0.3, 0.4) is 0 Å². The van der Waals surface area contributed by atoms with Crippen LogP contribution in [0.2, 0.25) is 0 Å². The molecule has 110 valence electrons. The molecule has 3 nitrogen and oxygen atoms in total. The van der Waals surface area contributed by atoms with E-state index in [2.05, 4.69) is 11.8 Å². The third-order valence-electron chi connectivity index (χ3n) is 5.66. The Labute approximate surface area is 120 Å². The quantitative estimate of drug-likeness (QED) is 0.719. The molecule has 20 heavy (non-hydrogen) atoms. The summed E-state index contributed by atoms with van der Waals surface area (Å²) in [6.07, 6.45) is 6.03. The first-order valence-corrected chi connectivity index (χ1v) is 7.95. The number of fused-ring (bicyclic) bond motifs is 1. The summed E-state index contributed by atoms with van der Waals surface area (Å²) in [5.74, 6) is 6.98. The van der Waals surface area contributed by atoms with E-state index >= 15 is 0 Å². The van der Waals surface area contributed by atoms with E-state index in [1.165, 1.54) is 12.8 Å². The highest BCUT2D eigenvalue weighted by Crippen LogP contribution is 2.45. The van der Waals surface area contributed by atoms with Gasteiger partial charge in [-0.25, -0.2) is 0 Å². The Kier molecular flexibility index (Phi) is 3.64. The van der Waals surface area contributed by atoms with Gasteiger partial charge in [0, 0.05) is 12.3 Å². The summed E-state index contributed by atoms with van der Waals surface area (Å²) in [5, 5.41) is 20.7. The maximum Gasteiger partial charge on any atom is 0.136 e. The van der Waals surface area contributed by atoms with E-state index in [1.54, 1.807) is 6.92 Å². The maximum atomic E-state index is 11.5. The van der Waals surface area contributed by atoms with Crippen LogP contribution in [0.4, 0.5) is 0 Å². The Morgan fingerprint density at radius 1 is 1.20 bits per heavy atom. The van der Waals surface area contributed by atoms with E-state index in [1.807, 2.05) is 0 Å². The number of rotatable bonds is 1. The van der Waals surface area contributed by atoms with Crippen molar-refractivity contribution in [1.82, 2.24) is 0 Å². The van der Waals surface area contributed by atoms with Crippen molar-refractivity contribution in [2.75, 3.05) is 0 Å². The molecule has 0 aromatic carbocycles. The van der Waals surface area contributed by atoms with E-state index in [9.17, 15) is 15.0 Å². The van der Waals surface area contributed by atoms with Crippen LogP contribution in [-0.4, -0.2) is 27.7 Å². The van der Waals surface area contributed by atoms with Gasteiger partial charge in [0.2, 0.25) is 0 Å². The van der Waals surface area contributed by atoms with Gasteiger partial charge in [0.05, 0.1) is 12.0 Å². The zero-order chi connectivity index (χ0) is 14.3.